The smallest absolute Gasteiger partial charge is 0.243 e. The summed E-state index contributed by atoms with van der Waals surface area (Å²) in [7, 11) is 1.67. The fraction of sp³-hybridized carbons (Fsp3) is 0.692. The molecule has 19 heavy (non-hydrogen) atoms. The van der Waals surface area contributed by atoms with Gasteiger partial charge in [-0.1, -0.05) is 20.8 Å². The van der Waals surface area contributed by atoms with Gasteiger partial charge < -0.3 is 15.4 Å². The number of carbonyl (C=O) groups excluding carboxylic acids is 1. The molecule has 0 aromatic carbocycles. The second-order valence-corrected chi connectivity index (χ2v) is 6.69. The van der Waals surface area contributed by atoms with Gasteiger partial charge in [-0.05, 0) is 6.42 Å². The van der Waals surface area contributed by atoms with E-state index in [9.17, 15) is 4.79 Å². The lowest BCUT2D eigenvalue weighted by molar-refractivity contribution is -0.118. The third-order valence-electron chi connectivity index (χ3n) is 3.24. The van der Waals surface area contributed by atoms with Gasteiger partial charge in [0.25, 0.3) is 0 Å². The summed E-state index contributed by atoms with van der Waals surface area (Å²) in [6.07, 6.45) is 0.831. The highest BCUT2D eigenvalue weighted by Crippen LogP contribution is 2.26. The normalized spacial score (nSPS) is 23.6. The van der Waals surface area contributed by atoms with E-state index in [1.165, 1.54) is 11.3 Å². The molecule has 0 spiro atoms. The maximum absolute atomic E-state index is 12.1. The molecule has 1 aromatic heterocycles. The fourth-order valence-corrected chi connectivity index (χ4v) is 2.89. The Morgan fingerprint density at radius 3 is 2.84 bits per heavy atom. The van der Waals surface area contributed by atoms with Crippen LogP contribution in [0.15, 0.2) is 5.38 Å². The molecule has 1 aromatic rings. The van der Waals surface area contributed by atoms with Crippen molar-refractivity contribution in [2.75, 3.05) is 19.0 Å². The SMILES string of the molecule is COC1CNC(C(=O)Nc2nc(C(C)(C)C)cs2)C1. The van der Waals surface area contributed by atoms with Gasteiger partial charge >= 0.3 is 0 Å². The molecule has 2 rings (SSSR count). The number of amides is 1. The molecule has 0 radical (unpaired) electrons. The summed E-state index contributed by atoms with van der Waals surface area (Å²) in [5, 5.41) is 8.69. The zero-order valence-electron chi connectivity index (χ0n) is 11.8. The first-order chi connectivity index (χ1) is 8.90. The molecule has 1 amide bonds. The Balaban J connectivity index is 1.94. The molecule has 1 fully saturated rings. The molecule has 6 heteroatoms. The molecule has 1 saturated heterocycles. The van der Waals surface area contributed by atoms with E-state index < -0.39 is 0 Å². The molecule has 2 atom stereocenters. The average molecular weight is 283 g/mol. The summed E-state index contributed by atoms with van der Waals surface area (Å²) in [6.45, 7) is 7.04. The number of hydrogen-bond donors (Lipinski definition) is 2. The second-order valence-electron chi connectivity index (χ2n) is 5.83. The van der Waals surface area contributed by atoms with E-state index in [-0.39, 0.29) is 23.5 Å². The van der Waals surface area contributed by atoms with Crippen LogP contribution >= 0.6 is 11.3 Å². The molecule has 1 aliphatic rings. The van der Waals surface area contributed by atoms with Crippen molar-refractivity contribution in [3.63, 3.8) is 0 Å². The van der Waals surface area contributed by atoms with Gasteiger partial charge in [-0.2, -0.15) is 0 Å². The van der Waals surface area contributed by atoms with Crippen LogP contribution < -0.4 is 10.6 Å². The molecule has 2 heterocycles. The Morgan fingerprint density at radius 2 is 2.32 bits per heavy atom. The lowest BCUT2D eigenvalue weighted by Gasteiger charge is -2.14. The Labute approximate surface area is 117 Å². The first-order valence-electron chi connectivity index (χ1n) is 6.43. The highest BCUT2D eigenvalue weighted by molar-refractivity contribution is 7.13. The molecule has 0 bridgehead atoms. The van der Waals surface area contributed by atoms with Crippen LogP contribution in [-0.4, -0.2) is 36.7 Å². The molecule has 5 nitrogen and oxygen atoms in total. The van der Waals surface area contributed by atoms with Gasteiger partial charge in [0.15, 0.2) is 5.13 Å². The van der Waals surface area contributed by atoms with E-state index in [4.69, 9.17) is 4.74 Å². The minimum Gasteiger partial charge on any atom is -0.380 e. The lowest BCUT2D eigenvalue weighted by Crippen LogP contribution is -2.35. The zero-order chi connectivity index (χ0) is 14.0. The number of aromatic nitrogens is 1. The molecule has 2 N–H and O–H groups in total. The van der Waals surface area contributed by atoms with Crippen LogP contribution in [0.4, 0.5) is 5.13 Å². The monoisotopic (exact) mass is 283 g/mol. The van der Waals surface area contributed by atoms with Crippen LogP contribution in [0.25, 0.3) is 0 Å². The van der Waals surface area contributed by atoms with Crippen LogP contribution in [0, 0.1) is 0 Å². The number of rotatable bonds is 3. The number of anilines is 1. The van der Waals surface area contributed by atoms with Gasteiger partial charge in [0.05, 0.1) is 17.8 Å². The highest BCUT2D eigenvalue weighted by Gasteiger charge is 2.30. The third-order valence-corrected chi connectivity index (χ3v) is 4.00. The van der Waals surface area contributed by atoms with Crippen molar-refractivity contribution in [1.29, 1.82) is 0 Å². The van der Waals surface area contributed by atoms with E-state index in [1.807, 2.05) is 5.38 Å². The highest BCUT2D eigenvalue weighted by atomic mass is 32.1. The maximum atomic E-state index is 12.1. The number of carbonyl (C=O) groups is 1. The van der Waals surface area contributed by atoms with Gasteiger partial charge in [-0.25, -0.2) is 4.98 Å². The predicted octanol–water partition coefficient (Wildman–Crippen LogP) is 1.76. The van der Waals surface area contributed by atoms with Crippen molar-refractivity contribution in [1.82, 2.24) is 10.3 Å². The summed E-state index contributed by atoms with van der Waals surface area (Å²) in [5.41, 5.74) is 1.01. The third kappa shape index (κ3) is 3.52. The van der Waals surface area contributed by atoms with Gasteiger partial charge in [0.1, 0.15) is 0 Å². The molecule has 1 aliphatic heterocycles. The van der Waals surface area contributed by atoms with Crippen LogP contribution in [0.3, 0.4) is 0 Å². The molecule has 0 aliphatic carbocycles. The van der Waals surface area contributed by atoms with Gasteiger partial charge in [0, 0.05) is 24.4 Å². The van der Waals surface area contributed by atoms with Crippen LogP contribution in [0.5, 0.6) is 0 Å². The van der Waals surface area contributed by atoms with Crippen molar-refractivity contribution >= 4 is 22.4 Å². The van der Waals surface area contributed by atoms with Crippen LogP contribution in [0.1, 0.15) is 32.9 Å². The first kappa shape index (κ1) is 14.4. The second kappa shape index (κ2) is 5.56. The number of thiazole rings is 1. The largest absolute Gasteiger partial charge is 0.380 e. The summed E-state index contributed by atoms with van der Waals surface area (Å²) in [6, 6.07) is -0.188. The minimum absolute atomic E-state index is 0.00618. The Bertz CT molecular complexity index is 453. The minimum atomic E-state index is -0.188. The van der Waals surface area contributed by atoms with Crippen LogP contribution in [-0.2, 0) is 14.9 Å². The number of ether oxygens (including phenoxy) is 1. The van der Waals surface area contributed by atoms with E-state index in [1.54, 1.807) is 7.11 Å². The van der Waals surface area contributed by atoms with Crippen molar-refractivity contribution in [2.45, 2.75) is 44.8 Å². The Hall–Kier alpha value is -0.980. The quantitative estimate of drug-likeness (QED) is 0.887. The molecule has 2 unspecified atom stereocenters. The lowest BCUT2D eigenvalue weighted by atomic mass is 9.93. The number of nitrogens with zero attached hydrogens (tertiary/aromatic N) is 1. The van der Waals surface area contributed by atoms with Crippen molar-refractivity contribution in [3.05, 3.63) is 11.1 Å². The van der Waals surface area contributed by atoms with Gasteiger partial charge in [0.2, 0.25) is 5.91 Å². The molecular formula is C13H21N3O2S. The van der Waals surface area contributed by atoms with E-state index >= 15 is 0 Å². The molecular weight excluding hydrogens is 262 g/mol. The number of nitrogens with one attached hydrogen (secondary N) is 2. The van der Waals surface area contributed by atoms with E-state index in [0.29, 0.717) is 11.6 Å². The Morgan fingerprint density at radius 1 is 1.58 bits per heavy atom. The standard InChI is InChI=1S/C13H21N3O2S/c1-13(2,3)10-7-19-12(15-10)16-11(17)9-5-8(18-4)6-14-9/h7-9,14H,5-6H2,1-4H3,(H,15,16,17). The summed E-state index contributed by atoms with van der Waals surface area (Å²) in [5.74, 6) is -0.0330. The Kier molecular flexibility index (Phi) is 4.23. The topological polar surface area (TPSA) is 63.2 Å². The zero-order valence-corrected chi connectivity index (χ0v) is 12.6. The molecule has 106 valence electrons. The van der Waals surface area contributed by atoms with Crippen molar-refractivity contribution < 1.29 is 9.53 Å². The van der Waals surface area contributed by atoms with Gasteiger partial charge in [-0.15, -0.1) is 11.3 Å². The van der Waals surface area contributed by atoms with E-state index in [2.05, 4.69) is 36.4 Å². The summed E-state index contributed by atoms with van der Waals surface area (Å²) < 4.78 is 5.24. The average Bonchev–Trinajstić information content (AvgIpc) is 2.95. The van der Waals surface area contributed by atoms with E-state index in [0.717, 1.165) is 12.2 Å². The van der Waals surface area contributed by atoms with Crippen LogP contribution in [0.2, 0.25) is 0 Å². The first-order valence-corrected chi connectivity index (χ1v) is 7.31. The predicted molar refractivity (Wildman–Crippen MR) is 76.6 cm³/mol. The summed E-state index contributed by atoms with van der Waals surface area (Å²) in [4.78, 5) is 16.5. The maximum Gasteiger partial charge on any atom is 0.243 e. The summed E-state index contributed by atoms with van der Waals surface area (Å²) >= 11 is 1.47. The molecule has 0 saturated carbocycles. The number of methoxy groups -OCH3 is 1. The van der Waals surface area contributed by atoms with Crippen molar-refractivity contribution in [2.24, 2.45) is 0 Å². The number of hydrogen-bond acceptors (Lipinski definition) is 5. The van der Waals surface area contributed by atoms with Gasteiger partial charge in [-0.3, -0.25) is 4.79 Å². The van der Waals surface area contributed by atoms with Crippen molar-refractivity contribution in [3.8, 4) is 0 Å². The fourth-order valence-electron chi connectivity index (χ4n) is 1.95.